The van der Waals surface area contributed by atoms with Crippen molar-refractivity contribution in [2.75, 3.05) is 43.0 Å². The monoisotopic (exact) mass is 603 g/mol. The smallest absolute Gasteiger partial charge is 0.367 e. The highest BCUT2D eigenvalue weighted by Gasteiger charge is 2.34. The Labute approximate surface area is 253 Å². The number of anilines is 2. The molecule has 1 saturated heterocycles. The average molecular weight is 604 g/mol. The first-order chi connectivity index (χ1) is 20.9. The number of nitrogens with zero attached hydrogens (tertiary/aromatic N) is 5. The lowest BCUT2D eigenvalue weighted by Crippen LogP contribution is -2.44. The van der Waals surface area contributed by atoms with E-state index in [-0.39, 0.29) is 12.4 Å². The van der Waals surface area contributed by atoms with Crippen LogP contribution in [0.25, 0.3) is 11.1 Å². The van der Waals surface area contributed by atoms with Gasteiger partial charge in [-0.3, -0.25) is 0 Å². The van der Waals surface area contributed by atoms with E-state index >= 15 is 4.39 Å². The Balaban J connectivity index is 1.42. The molecular formula is C34H33F4N5O. The summed E-state index contributed by atoms with van der Waals surface area (Å²) >= 11 is 0. The van der Waals surface area contributed by atoms with E-state index in [1.165, 1.54) is 12.1 Å². The van der Waals surface area contributed by atoms with E-state index in [0.717, 1.165) is 30.8 Å². The Hall–Kier alpha value is -4.44. The highest BCUT2D eigenvalue weighted by molar-refractivity contribution is 6.08. The van der Waals surface area contributed by atoms with Crippen molar-refractivity contribution < 1.29 is 22.1 Å². The second-order valence-corrected chi connectivity index (χ2v) is 11.9. The highest BCUT2D eigenvalue weighted by atomic mass is 19.4. The van der Waals surface area contributed by atoms with Crippen molar-refractivity contribution in [3.63, 3.8) is 0 Å². The lowest BCUT2D eigenvalue weighted by atomic mass is 9.84. The third kappa shape index (κ3) is 5.61. The first-order valence-electron chi connectivity index (χ1n) is 14.4. The van der Waals surface area contributed by atoms with Crippen molar-refractivity contribution in [1.82, 2.24) is 15.0 Å². The van der Waals surface area contributed by atoms with Gasteiger partial charge >= 0.3 is 6.18 Å². The fourth-order valence-corrected chi connectivity index (χ4v) is 5.70. The van der Waals surface area contributed by atoms with Gasteiger partial charge < -0.3 is 19.2 Å². The fraction of sp³-hybridized carbons (Fsp3) is 0.294. The molecular weight excluding hydrogens is 570 g/mol. The van der Waals surface area contributed by atoms with E-state index in [2.05, 4.69) is 16.6 Å². The third-order valence-electron chi connectivity index (χ3n) is 8.46. The molecule has 0 spiro atoms. The van der Waals surface area contributed by atoms with Crippen LogP contribution in [-0.2, 0) is 18.1 Å². The third-order valence-corrected chi connectivity index (χ3v) is 8.46. The maximum Gasteiger partial charge on any atom is 0.416 e. The molecule has 44 heavy (non-hydrogen) atoms. The number of halogens is 4. The molecule has 0 N–H and O–H groups in total. The molecule has 0 unspecified atom stereocenters. The summed E-state index contributed by atoms with van der Waals surface area (Å²) < 4.78 is 62.2. The number of piperazine rings is 1. The van der Waals surface area contributed by atoms with Gasteiger partial charge in [0.15, 0.2) is 0 Å². The molecule has 0 aliphatic carbocycles. The number of allylic oxidation sites excluding steroid dienone is 2. The van der Waals surface area contributed by atoms with E-state index < -0.39 is 23.0 Å². The van der Waals surface area contributed by atoms with Crippen LogP contribution in [0.1, 0.15) is 47.8 Å². The highest BCUT2D eigenvalue weighted by Crippen LogP contribution is 2.44. The van der Waals surface area contributed by atoms with Crippen LogP contribution in [0.3, 0.4) is 0 Å². The molecule has 0 bridgehead atoms. The summed E-state index contributed by atoms with van der Waals surface area (Å²) in [6, 6.07) is 18.2. The van der Waals surface area contributed by atoms with E-state index in [0.29, 0.717) is 52.6 Å². The summed E-state index contributed by atoms with van der Waals surface area (Å²) in [5.74, 6) is 0.255. The van der Waals surface area contributed by atoms with Crippen molar-refractivity contribution in [2.45, 2.75) is 32.0 Å². The zero-order valence-corrected chi connectivity index (χ0v) is 24.8. The van der Waals surface area contributed by atoms with Crippen LogP contribution in [0.2, 0.25) is 0 Å². The number of hydrogen-bond acceptors (Lipinski definition) is 6. The minimum absolute atomic E-state index is 0.0989. The number of likely N-dealkylation sites (N-methyl/N-ethyl adjacent to an activating group) is 1. The molecule has 4 aromatic rings. The van der Waals surface area contributed by atoms with Crippen LogP contribution in [0.15, 0.2) is 84.0 Å². The Bertz CT molecular complexity index is 1720. The quantitative estimate of drug-likeness (QED) is 0.215. The summed E-state index contributed by atoms with van der Waals surface area (Å²) in [6.45, 7) is 11.2. The van der Waals surface area contributed by atoms with Crippen molar-refractivity contribution in [3.8, 4) is 0 Å². The Morgan fingerprint density at radius 2 is 1.59 bits per heavy atom. The zero-order chi connectivity index (χ0) is 31.2. The zero-order valence-electron chi connectivity index (χ0n) is 24.8. The van der Waals surface area contributed by atoms with Gasteiger partial charge in [-0.2, -0.15) is 18.2 Å². The summed E-state index contributed by atoms with van der Waals surface area (Å²) in [6.07, 6.45) is -2.71. The van der Waals surface area contributed by atoms with Gasteiger partial charge in [0.25, 0.3) is 0 Å². The van der Waals surface area contributed by atoms with Gasteiger partial charge in [-0.15, -0.1) is 0 Å². The van der Waals surface area contributed by atoms with E-state index in [1.807, 2.05) is 61.0 Å². The van der Waals surface area contributed by atoms with Crippen LogP contribution in [0.5, 0.6) is 0 Å². The fourth-order valence-electron chi connectivity index (χ4n) is 5.70. The molecule has 10 heteroatoms. The molecule has 2 aliphatic rings. The molecule has 6 nitrogen and oxygen atoms in total. The number of aromatic nitrogens is 2. The van der Waals surface area contributed by atoms with Gasteiger partial charge in [0.1, 0.15) is 5.82 Å². The average Bonchev–Trinajstić information content (AvgIpc) is 3.50. The van der Waals surface area contributed by atoms with Gasteiger partial charge in [0.2, 0.25) is 11.7 Å². The molecule has 0 atom stereocenters. The number of benzene rings is 3. The van der Waals surface area contributed by atoms with E-state index in [1.54, 1.807) is 18.3 Å². The minimum Gasteiger partial charge on any atom is -0.367 e. The van der Waals surface area contributed by atoms with Gasteiger partial charge in [-0.1, -0.05) is 54.2 Å². The first kappa shape index (κ1) is 29.6. The second kappa shape index (κ2) is 11.2. The molecule has 3 aromatic carbocycles. The molecule has 2 aliphatic heterocycles. The number of alkyl halides is 3. The number of fused-ring (bicyclic) bond motifs is 1. The molecule has 228 valence electrons. The first-order valence-corrected chi connectivity index (χ1v) is 14.4. The Morgan fingerprint density at radius 1 is 0.886 bits per heavy atom. The van der Waals surface area contributed by atoms with E-state index in [4.69, 9.17) is 9.51 Å². The predicted octanol–water partition coefficient (Wildman–Crippen LogP) is 7.38. The molecule has 3 heterocycles. The molecule has 0 amide bonds. The molecule has 1 fully saturated rings. The van der Waals surface area contributed by atoms with Crippen molar-refractivity contribution in [1.29, 1.82) is 0 Å². The van der Waals surface area contributed by atoms with Gasteiger partial charge in [-0.25, -0.2) is 4.39 Å². The van der Waals surface area contributed by atoms with Crippen LogP contribution in [-0.4, -0.2) is 48.3 Å². The maximum absolute atomic E-state index is 15.7. The Morgan fingerprint density at radius 3 is 2.30 bits per heavy atom. The topological polar surface area (TPSA) is 48.6 Å². The minimum atomic E-state index is -4.48. The second-order valence-electron chi connectivity index (χ2n) is 11.9. The van der Waals surface area contributed by atoms with Crippen molar-refractivity contribution in [3.05, 3.63) is 119 Å². The lowest BCUT2D eigenvalue weighted by Gasteiger charge is -2.36. The Kier molecular flexibility index (Phi) is 7.57. The van der Waals surface area contributed by atoms with Crippen molar-refractivity contribution in [2.24, 2.45) is 0 Å². The summed E-state index contributed by atoms with van der Waals surface area (Å²) in [4.78, 5) is 10.7. The largest absolute Gasteiger partial charge is 0.416 e. The standard InChI is InChI=1S/C34H33F4N5O/c1-22-26-18-28(35)30(42-15-13-41(4)14-16-42)19-29(26)43(20-23-9-8-12-25(17-23)34(36,37)38)21-27(22)31-39-32(44-40-31)33(2,3)24-10-6-5-7-11-24/h5-12,17-19,21H,1,13-16,20H2,2-4H3. The maximum atomic E-state index is 15.7. The summed E-state index contributed by atoms with van der Waals surface area (Å²) in [7, 11) is 2.03. The molecule has 0 radical (unpaired) electrons. The van der Waals surface area contributed by atoms with Crippen LogP contribution >= 0.6 is 0 Å². The van der Waals surface area contributed by atoms with Crippen LogP contribution in [0, 0.1) is 5.82 Å². The number of rotatable bonds is 6. The molecule has 6 rings (SSSR count). The molecule has 0 saturated carbocycles. The van der Waals surface area contributed by atoms with Crippen molar-refractivity contribution >= 4 is 22.5 Å². The number of hydrogen-bond donors (Lipinski definition) is 0. The SMILES string of the molecule is C=C1C(c2noc(C(C)(C)c3ccccc3)n2)=CN(Cc2cccc(C(F)(F)F)c2)c2cc(N3CCN(C)CC3)c(F)cc21. The van der Waals surface area contributed by atoms with Gasteiger partial charge in [0.05, 0.1) is 22.4 Å². The normalized spacial score (nSPS) is 16.2. The van der Waals surface area contributed by atoms with Crippen LogP contribution < -0.4 is 9.80 Å². The van der Waals surface area contributed by atoms with Gasteiger partial charge in [-0.05, 0) is 61.9 Å². The van der Waals surface area contributed by atoms with Gasteiger partial charge in [0, 0.05) is 50.1 Å². The summed E-state index contributed by atoms with van der Waals surface area (Å²) in [5.41, 5.74) is 2.69. The predicted molar refractivity (Wildman–Crippen MR) is 164 cm³/mol. The summed E-state index contributed by atoms with van der Waals surface area (Å²) in [5, 5.41) is 4.27. The molecule has 1 aromatic heterocycles. The lowest BCUT2D eigenvalue weighted by molar-refractivity contribution is -0.137. The van der Waals surface area contributed by atoms with E-state index in [9.17, 15) is 13.2 Å². The van der Waals surface area contributed by atoms with Crippen LogP contribution in [0.4, 0.5) is 28.9 Å².